The van der Waals surface area contributed by atoms with Crippen LogP contribution in [0.2, 0.25) is 0 Å². The Morgan fingerprint density at radius 3 is 1.88 bits per heavy atom. The number of terminal acetylenes is 1. The van der Waals surface area contributed by atoms with Crippen molar-refractivity contribution in [3.8, 4) is 12.3 Å². The zero-order valence-corrected chi connectivity index (χ0v) is 5.99. The van der Waals surface area contributed by atoms with Crippen LogP contribution in [0.25, 0.3) is 0 Å². The topological polar surface area (TPSA) is 9.23 Å². The van der Waals surface area contributed by atoms with Crippen LogP contribution in [-0.2, 0) is 4.74 Å². The molecule has 2 heteroatoms. The maximum Gasteiger partial charge on any atom is 1.00 e. The standard InChI is InChI=1S/C6H10O.Li/c1-5-6(2,3)7-4;/h1H,2-4H3;/q;+1. The largest absolute Gasteiger partial charge is 1.00 e. The zero-order valence-electron chi connectivity index (χ0n) is 5.99. The van der Waals surface area contributed by atoms with Gasteiger partial charge in [-0.15, -0.1) is 6.42 Å². The van der Waals surface area contributed by atoms with Crippen LogP contribution >= 0.6 is 0 Å². The van der Waals surface area contributed by atoms with Crippen LogP contribution < -0.4 is 18.9 Å². The number of rotatable bonds is 1. The fraction of sp³-hybridized carbons (Fsp3) is 0.667. The van der Waals surface area contributed by atoms with Gasteiger partial charge in [-0.2, -0.15) is 0 Å². The Balaban J connectivity index is 0. The van der Waals surface area contributed by atoms with Gasteiger partial charge in [0, 0.05) is 7.11 Å². The van der Waals surface area contributed by atoms with Gasteiger partial charge in [0.1, 0.15) is 5.60 Å². The van der Waals surface area contributed by atoms with Crippen molar-refractivity contribution in [3.63, 3.8) is 0 Å². The minimum Gasteiger partial charge on any atom is -0.366 e. The molecule has 0 aliphatic carbocycles. The molecule has 0 aromatic carbocycles. The van der Waals surface area contributed by atoms with E-state index < -0.39 is 0 Å². The molecule has 0 spiro atoms. The summed E-state index contributed by atoms with van der Waals surface area (Å²) in [4.78, 5) is 0. The maximum absolute atomic E-state index is 5.04. The van der Waals surface area contributed by atoms with Crippen LogP contribution in [0.5, 0.6) is 0 Å². The summed E-state index contributed by atoms with van der Waals surface area (Å²) in [6.07, 6.45) is 5.04. The first-order valence-electron chi connectivity index (χ1n) is 2.15. The van der Waals surface area contributed by atoms with E-state index in [4.69, 9.17) is 11.2 Å². The zero-order chi connectivity index (χ0) is 5.91. The van der Waals surface area contributed by atoms with Gasteiger partial charge < -0.3 is 4.74 Å². The first-order valence-corrected chi connectivity index (χ1v) is 2.15. The molecule has 8 heavy (non-hydrogen) atoms. The summed E-state index contributed by atoms with van der Waals surface area (Å²) in [6.45, 7) is 3.68. The van der Waals surface area contributed by atoms with E-state index in [-0.39, 0.29) is 24.5 Å². The second kappa shape index (κ2) is 4.04. The fourth-order valence-electron chi connectivity index (χ4n) is 0.0589. The van der Waals surface area contributed by atoms with E-state index in [1.165, 1.54) is 0 Å². The number of ether oxygens (including phenoxy) is 1. The fourth-order valence-corrected chi connectivity index (χ4v) is 0.0589. The Kier molecular flexibility index (Phi) is 5.55. The van der Waals surface area contributed by atoms with E-state index in [0.29, 0.717) is 0 Å². The third-order valence-electron chi connectivity index (χ3n) is 0.858. The maximum atomic E-state index is 5.04. The van der Waals surface area contributed by atoms with E-state index >= 15 is 0 Å². The molecule has 0 bridgehead atoms. The minimum atomic E-state index is -0.389. The minimum absolute atomic E-state index is 0. The number of methoxy groups -OCH3 is 1. The Hall–Kier alpha value is 0.117. The normalized spacial score (nSPS) is 9.25. The van der Waals surface area contributed by atoms with Crippen LogP contribution in [0, 0.1) is 12.3 Å². The number of hydrogen-bond donors (Lipinski definition) is 0. The van der Waals surface area contributed by atoms with Gasteiger partial charge in [-0.25, -0.2) is 0 Å². The van der Waals surface area contributed by atoms with E-state index in [2.05, 4.69) is 5.92 Å². The monoisotopic (exact) mass is 105 g/mol. The van der Waals surface area contributed by atoms with Crippen LogP contribution in [0.1, 0.15) is 13.8 Å². The molecule has 0 atom stereocenters. The van der Waals surface area contributed by atoms with Gasteiger partial charge in [0.2, 0.25) is 0 Å². The number of hydrogen-bond acceptors (Lipinski definition) is 1. The van der Waals surface area contributed by atoms with E-state index in [1.807, 2.05) is 13.8 Å². The molecule has 40 valence electrons. The first-order chi connectivity index (χ1) is 3.12. The smallest absolute Gasteiger partial charge is 0.366 e. The Morgan fingerprint density at radius 1 is 1.50 bits per heavy atom. The summed E-state index contributed by atoms with van der Waals surface area (Å²) in [6, 6.07) is 0. The second-order valence-corrected chi connectivity index (χ2v) is 1.86. The van der Waals surface area contributed by atoms with Gasteiger partial charge >= 0.3 is 18.9 Å². The summed E-state index contributed by atoms with van der Waals surface area (Å²) in [5.41, 5.74) is -0.389. The molecule has 0 aliphatic rings. The van der Waals surface area contributed by atoms with Crippen molar-refractivity contribution in [2.45, 2.75) is 19.4 Å². The van der Waals surface area contributed by atoms with E-state index in [1.54, 1.807) is 7.11 Å². The summed E-state index contributed by atoms with van der Waals surface area (Å²) >= 11 is 0. The van der Waals surface area contributed by atoms with E-state index in [9.17, 15) is 0 Å². The third kappa shape index (κ3) is 4.28. The van der Waals surface area contributed by atoms with E-state index in [0.717, 1.165) is 0 Å². The Bertz CT molecular complexity index is 91.2. The van der Waals surface area contributed by atoms with Gasteiger partial charge in [0.15, 0.2) is 0 Å². The van der Waals surface area contributed by atoms with Crippen LogP contribution in [0.15, 0.2) is 0 Å². The average Bonchev–Trinajstić information content (AvgIpc) is 1.68. The molecule has 0 saturated carbocycles. The molecule has 0 heterocycles. The molecular formula is C6H10LiO+. The average molecular weight is 105 g/mol. The molecule has 0 aromatic rings. The third-order valence-corrected chi connectivity index (χ3v) is 0.858. The van der Waals surface area contributed by atoms with Gasteiger partial charge in [-0.05, 0) is 13.8 Å². The van der Waals surface area contributed by atoms with Crippen LogP contribution in [-0.4, -0.2) is 12.7 Å². The van der Waals surface area contributed by atoms with Gasteiger partial charge in [-0.3, -0.25) is 0 Å². The molecule has 0 amide bonds. The van der Waals surface area contributed by atoms with Crippen molar-refractivity contribution >= 4 is 0 Å². The molecule has 1 nitrogen and oxygen atoms in total. The SMILES string of the molecule is C#CC(C)(C)OC.[Li+]. The summed E-state index contributed by atoms with van der Waals surface area (Å²) in [7, 11) is 1.60. The van der Waals surface area contributed by atoms with Crippen molar-refractivity contribution < 1.29 is 23.6 Å². The summed E-state index contributed by atoms with van der Waals surface area (Å²) in [5.74, 6) is 2.47. The molecule has 0 N–H and O–H groups in total. The van der Waals surface area contributed by atoms with Crippen molar-refractivity contribution in [1.82, 2.24) is 0 Å². The molecular weight excluding hydrogens is 95.0 g/mol. The predicted molar refractivity (Wildman–Crippen MR) is 29.9 cm³/mol. The van der Waals surface area contributed by atoms with Crippen molar-refractivity contribution in [1.29, 1.82) is 0 Å². The molecule has 0 saturated heterocycles. The summed E-state index contributed by atoms with van der Waals surface area (Å²) < 4.78 is 4.85. The quantitative estimate of drug-likeness (QED) is 0.278. The summed E-state index contributed by atoms with van der Waals surface area (Å²) in [5, 5.41) is 0. The van der Waals surface area contributed by atoms with Gasteiger partial charge in [0.25, 0.3) is 0 Å². The molecule has 0 rings (SSSR count). The molecule has 0 aromatic heterocycles. The first kappa shape index (κ1) is 11.0. The molecule has 0 aliphatic heterocycles. The Labute approximate surface area is 63.0 Å². The van der Waals surface area contributed by atoms with Gasteiger partial charge in [-0.1, -0.05) is 5.92 Å². The van der Waals surface area contributed by atoms with Crippen LogP contribution in [0.4, 0.5) is 0 Å². The van der Waals surface area contributed by atoms with Crippen LogP contribution in [0.3, 0.4) is 0 Å². The van der Waals surface area contributed by atoms with Crippen molar-refractivity contribution in [3.05, 3.63) is 0 Å². The Morgan fingerprint density at radius 2 is 1.88 bits per heavy atom. The molecule has 0 fully saturated rings. The van der Waals surface area contributed by atoms with Crippen molar-refractivity contribution in [2.75, 3.05) is 7.11 Å². The van der Waals surface area contributed by atoms with Crippen molar-refractivity contribution in [2.24, 2.45) is 0 Å². The second-order valence-electron chi connectivity index (χ2n) is 1.86. The van der Waals surface area contributed by atoms with Gasteiger partial charge in [0.05, 0.1) is 0 Å². The molecule has 0 radical (unpaired) electrons. The molecule has 0 unspecified atom stereocenters. The predicted octanol–water partition coefficient (Wildman–Crippen LogP) is -1.95.